The van der Waals surface area contributed by atoms with Gasteiger partial charge in [0.1, 0.15) is 30.2 Å². The molecule has 4 saturated heterocycles. The van der Waals surface area contributed by atoms with E-state index >= 15 is 0 Å². The van der Waals surface area contributed by atoms with Crippen molar-refractivity contribution in [3.05, 3.63) is 84.7 Å². The molecule has 4 fully saturated rings. The molecule has 0 amide bonds. The average molecular weight is 1320 g/mol. The number of aromatic nitrogens is 4. The number of nitrogens with two attached hydrogens (primary N) is 1. The number of fused-ring (bicyclic) bond motifs is 2. The molecular formula is C61H102ClN7O13SSi4. The smallest absolute Gasteiger partial charge is 0.352 e. The Morgan fingerprint density at radius 3 is 1.25 bits per heavy atom. The van der Waals surface area contributed by atoms with Crippen molar-refractivity contribution in [2.24, 2.45) is 11.8 Å². The maximum absolute atomic E-state index is 12.8. The molecule has 4 aliphatic heterocycles. The first-order valence-corrected chi connectivity index (χ1v) is 41.3. The maximum Gasteiger partial charge on any atom is 0.352 e. The molecule has 8 atom stereocenters. The fraction of sp³-hybridized carbons (Fsp3) is 0.738. The van der Waals surface area contributed by atoms with E-state index in [2.05, 4.69) is 147 Å². The number of halogens is 1. The minimum atomic E-state index is -3.72. The summed E-state index contributed by atoms with van der Waals surface area (Å²) in [4.78, 5) is 43.5. The topological polar surface area (TPSA) is 271 Å². The number of ether oxygens (including phenoxy) is 2. The Balaban J connectivity index is 0.000000248. The van der Waals surface area contributed by atoms with E-state index in [0.29, 0.717) is 10.8 Å². The summed E-state index contributed by atoms with van der Waals surface area (Å²) in [5.41, 5.74) is 4.69. The highest BCUT2D eigenvalue weighted by Gasteiger charge is 2.66. The second-order valence-corrected chi connectivity index (χ2v) is 47.7. The van der Waals surface area contributed by atoms with Gasteiger partial charge < -0.3 is 41.1 Å². The summed E-state index contributed by atoms with van der Waals surface area (Å²) in [6, 6.07) is 11.2. The minimum absolute atomic E-state index is 0.0923. The summed E-state index contributed by atoms with van der Waals surface area (Å²) >= 11 is 0. The number of hydrogen-bond donors (Lipinski definition) is 2. The van der Waals surface area contributed by atoms with Crippen LogP contribution in [0.2, 0.25) is 44.3 Å². The number of aromatic amines is 1. The summed E-state index contributed by atoms with van der Waals surface area (Å²) in [5, 5.41) is 20.7. The Hall–Kier alpha value is -3.65. The van der Waals surface area contributed by atoms with Gasteiger partial charge in [-0.2, -0.15) is 15.5 Å². The van der Waals surface area contributed by atoms with Gasteiger partial charge in [-0.15, -0.1) is 0 Å². The zero-order valence-corrected chi connectivity index (χ0v) is 61.7. The highest BCUT2D eigenvalue weighted by molar-refractivity contribution is 8.13. The summed E-state index contributed by atoms with van der Waals surface area (Å²) < 4.78 is 81.1. The Bertz CT molecular complexity index is 3210. The minimum Gasteiger partial charge on any atom is -0.414 e. The standard InChI is InChI=1S/C23H40N4O5Si2.C23H39N3O6Si2.C15H23ClO2S/c1-14(2)33(15(3)4)29-12-19-21(31-34(32-33,16(5)6)17(7)8)18(9)23(13-24,30-19)27-11-10-20(25)26-22(27)28;1-14(2)33(15(3)4)29-12-19-21(31-34(32-33,16(5)6)17(7)8)18(9)23(13-24,30-19)26-11-10-20(27)25-22(26)28;1-9(2)12-7-13(10(3)4)15(19(16,17)18)14(8-12)11(5)6/h10-11,14-19,21H,12H2,1-9H3,(H2,25,26,28);10-11,14-19,21H,12H2,1-9H3,(H,25,27,28);7-11H,1-6H3/t2*18-,19+,21-,23+;/m00./s1. The Morgan fingerprint density at radius 2 is 0.954 bits per heavy atom. The van der Waals surface area contributed by atoms with Gasteiger partial charge in [-0.05, 0) is 84.8 Å². The van der Waals surface area contributed by atoms with E-state index in [-0.39, 0.29) is 75.2 Å². The molecule has 3 aromatic rings. The van der Waals surface area contributed by atoms with Crippen molar-refractivity contribution in [3.63, 3.8) is 0 Å². The number of H-pyrrole nitrogens is 1. The lowest BCUT2D eigenvalue weighted by Gasteiger charge is -2.51. The summed E-state index contributed by atoms with van der Waals surface area (Å²) in [7, 11) is -9.35. The quantitative estimate of drug-likeness (QED) is 0.112. The molecule has 0 aliphatic carbocycles. The summed E-state index contributed by atoms with van der Waals surface area (Å²) in [6.45, 7) is 50.7. The SMILES string of the molecule is CC(C)[Si]1(C(C)C)OC[C@H]2O[C@@](C#N)(n3ccc(=O)[nH]c3=O)[C@@H](C)[C@@H]2O[Si](C(C)C)(C(C)C)O1.CC(C)[Si]1(C(C)C)OC[C@H]2O[C@@](C#N)(n3ccc(N)nc3=O)[C@@H](C)[C@@H]2O[Si](C(C)C)(C(C)C)O1.CC(C)c1cc(C(C)C)c(S(=O)(=O)Cl)c(C(C)C)c1. The summed E-state index contributed by atoms with van der Waals surface area (Å²) in [5.74, 6) is -0.291. The first-order chi connectivity index (χ1) is 40.1. The third kappa shape index (κ3) is 14.1. The van der Waals surface area contributed by atoms with Crippen LogP contribution in [0.25, 0.3) is 0 Å². The maximum atomic E-state index is 12.8. The fourth-order valence-corrected chi connectivity index (χ4v) is 37.5. The molecule has 7 rings (SSSR count). The molecule has 6 heterocycles. The van der Waals surface area contributed by atoms with Crippen LogP contribution in [0.3, 0.4) is 0 Å². The molecule has 488 valence electrons. The van der Waals surface area contributed by atoms with Crippen LogP contribution in [0.5, 0.6) is 0 Å². The second kappa shape index (κ2) is 28.1. The number of rotatable bonds is 14. The highest BCUT2D eigenvalue weighted by Crippen LogP contribution is 2.53. The van der Waals surface area contributed by atoms with Gasteiger partial charge >= 0.3 is 45.6 Å². The Labute approximate surface area is 526 Å². The molecule has 87 heavy (non-hydrogen) atoms. The van der Waals surface area contributed by atoms with Crippen molar-refractivity contribution in [2.75, 3.05) is 18.9 Å². The number of nitrogens with one attached hydrogen (secondary N) is 1. The molecule has 20 nitrogen and oxygen atoms in total. The van der Waals surface area contributed by atoms with E-state index in [4.69, 9.17) is 51.8 Å². The van der Waals surface area contributed by atoms with E-state index in [1.807, 2.05) is 53.7 Å². The van der Waals surface area contributed by atoms with Gasteiger partial charge in [0.15, 0.2) is 0 Å². The van der Waals surface area contributed by atoms with E-state index in [1.54, 1.807) is 0 Å². The zero-order chi connectivity index (χ0) is 66.2. The first kappa shape index (κ1) is 74.1. The molecule has 0 unspecified atom stereocenters. The van der Waals surface area contributed by atoms with Crippen LogP contribution in [0.15, 0.2) is 55.9 Å². The third-order valence-corrected chi connectivity index (χ3v) is 40.2. The van der Waals surface area contributed by atoms with Crippen LogP contribution >= 0.6 is 10.7 Å². The molecule has 2 aromatic heterocycles. The lowest BCUT2D eigenvalue weighted by atomic mass is 9.89. The van der Waals surface area contributed by atoms with E-state index < -0.39 is 108 Å². The number of benzene rings is 1. The second-order valence-electron chi connectivity index (χ2n) is 27.5. The van der Waals surface area contributed by atoms with Crippen LogP contribution in [0.1, 0.15) is 201 Å². The molecular weight excluding hydrogens is 1220 g/mol. The van der Waals surface area contributed by atoms with Crippen LogP contribution in [0.4, 0.5) is 5.82 Å². The molecule has 0 bridgehead atoms. The van der Waals surface area contributed by atoms with Crippen molar-refractivity contribution in [1.29, 1.82) is 10.5 Å². The van der Waals surface area contributed by atoms with Gasteiger partial charge in [0.05, 0.1) is 30.3 Å². The van der Waals surface area contributed by atoms with Crippen LogP contribution in [0, 0.1) is 34.5 Å². The molecule has 1 aromatic carbocycles. The molecule has 0 radical (unpaired) electrons. The van der Waals surface area contributed by atoms with Gasteiger partial charge in [-0.25, -0.2) is 18.0 Å². The van der Waals surface area contributed by atoms with Crippen molar-refractivity contribution < 1.29 is 43.8 Å². The predicted molar refractivity (Wildman–Crippen MR) is 349 cm³/mol. The van der Waals surface area contributed by atoms with E-state index in [0.717, 1.165) is 21.3 Å². The Kier molecular flexibility index (Phi) is 23.9. The van der Waals surface area contributed by atoms with Crippen molar-refractivity contribution in [2.45, 2.75) is 269 Å². The lowest BCUT2D eigenvalue weighted by molar-refractivity contribution is -0.0953. The van der Waals surface area contributed by atoms with Gasteiger partial charge in [0.25, 0.3) is 14.6 Å². The number of anilines is 1. The lowest BCUT2D eigenvalue weighted by Crippen LogP contribution is -2.65. The van der Waals surface area contributed by atoms with Crippen LogP contribution in [-0.2, 0) is 55.9 Å². The normalized spacial score (nSPS) is 26.9. The monoisotopic (exact) mass is 1320 g/mol. The summed E-state index contributed by atoms with van der Waals surface area (Å²) in [6.07, 6.45) is 0.697. The third-order valence-electron chi connectivity index (χ3n) is 18.3. The largest absolute Gasteiger partial charge is 0.414 e. The van der Waals surface area contributed by atoms with Gasteiger partial charge in [-0.1, -0.05) is 178 Å². The van der Waals surface area contributed by atoms with Crippen molar-refractivity contribution in [1.82, 2.24) is 19.1 Å². The van der Waals surface area contributed by atoms with E-state index in [9.17, 15) is 33.3 Å². The van der Waals surface area contributed by atoms with Gasteiger partial charge in [0.2, 0.25) is 11.4 Å². The van der Waals surface area contributed by atoms with Crippen LogP contribution in [-0.4, -0.2) is 99.4 Å². The number of nitrogens with zero attached hydrogens (tertiary/aromatic N) is 5. The number of hydrogen-bond acceptors (Lipinski definition) is 17. The fourth-order valence-electron chi connectivity index (χ4n) is 13.2. The molecule has 4 aliphatic rings. The first-order valence-electron chi connectivity index (χ1n) is 31.1. The Morgan fingerprint density at radius 1 is 0.598 bits per heavy atom. The molecule has 3 N–H and O–H groups in total. The van der Waals surface area contributed by atoms with Crippen LogP contribution < -0.4 is 22.7 Å². The van der Waals surface area contributed by atoms with Crippen molar-refractivity contribution in [3.8, 4) is 12.1 Å². The number of nitrogen functional groups attached to an aromatic ring is 1. The van der Waals surface area contributed by atoms with Crippen molar-refractivity contribution >= 4 is 59.8 Å². The number of nitriles is 2. The highest BCUT2D eigenvalue weighted by atomic mass is 35.7. The van der Waals surface area contributed by atoms with Gasteiger partial charge in [0, 0.05) is 41.0 Å². The van der Waals surface area contributed by atoms with E-state index in [1.165, 1.54) is 29.1 Å². The zero-order valence-electron chi connectivity index (χ0n) is 56.1. The molecule has 0 spiro atoms. The molecule has 0 saturated carbocycles. The molecule has 26 heteroatoms. The van der Waals surface area contributed by atoms with Gasteiger partial charge in [-0.3, -0.25) is 18.9 Å². The predicted octanol–water partition coefficient (Wildman–Crippen LogP) is 12.7. The average Bonchev–Trinajstić information content (AvgIpc) is 1.66.